The van der Waals surface area contributed by atoms with Gasteiger partial charge in [0.15, 0.2) is 0 Å². The molecule has 1 aromatic heterocycles. The van der Waals surface area contributed by atoms with Crippen molar-refractivity contribution in [2.45, 2.75) is 19.8 Å². The fourth-order valence-corrected chi connectivity index (χ4v) is 1.84. The molecule has 17 heavy (non-hydrogen) atoms. The predicted molar refractivity (Wildman–Crippen MR) is 67.3 cm³/mol. The summed E-state index contributed by atoms with van der Waals surface area (Å²) in [5.41, 5.74) is 9.00. The molecule has 2 aromatic rings. The Kier molecular flexibility index (Phi) is 3.15. The van der Waals surface area contributed by atoms with Gasteiger partial charge in [-0.05, 0) is 17.5 Å². The Labute approximate surface area is 100 Å². The van der Waals surface area contributed by atoms with Gasteiger partial charge in [-0.25, -0.2) is 0 Å². The second kappa shape index (κ2) is 4.75. The minimum atomic E-state index is 0.181. The van der Waals surface area contributed by atoms with Crippen LogP contribution in [0.5, 0.6) is 0 Å². The van der Waals surface area contributed by atoms with Gasteiger partial charge >= 0.3 is 0 Å². The van der Waals surface area contributed by atoms with Crippen LogP contribution in [0.3, 0.4) is 0 Å². The zero-order valence-corrected chi connectivity index (χ0v) is 9.73. The summed E-state index contributed by atoms with van der Waals surface area (Å²) >= 11 is 0. The highest BCUT2D eigenvalue weighted by molar-refractivity contribution is 5.74. The number of benzene rings is 1. The lowest BCUT2D eigenvalue weighted by molar-refractivity contribution is 0.588. The topological polar surface area (TPSA) is 62.9 Å². The van der Waals surface area contributed by atoms with Crippen LogP contribution < -0.4 is 5.73 Å². The van der Waals surface area contributed by atoms with E-state index in [1.165, 1.54) is 11.8 Å². The van der Waals surface area contributed by atoms with Crippen molar-refractivity contribution in [3.05, 3.63) is 41.7 Å². The number of nitrogens with zero attached hydrogens (tertiary/aromatic N) is 1. The summed E-state index contributed by atoms with van der Waals surface area (Å²) in [6, 6.07) is 10.2. The van der Waals surface area contributed by atoms with E-state index >= 15 is 0 Å². The second-order valence-electron chi connectivity index (χ2n) is 3.95. The summed E-state index contributed by atoms with van der Waals surface area (Å²) in [5.74, 6) is 0.181. The maximum absolute atomic E-state index is 9.00. The van der Waals surface area contributed by atoms with Crippen LogP contribution in [-0.4, -0.2) is 0 Å². The Morgan fingerprint density at radius 2 is 2.00 bits per heavy atom. The van der Waals surface area contributed by atoms with Crippen LogP contribution in [0.1, 0.15) is 24.5 Å². The molecule has 0 radical (unpaired) electrons. The van der Waals surface area contributed by atoms with Gasteiger partial charge < -0.3 is 10.2 Å². The van der Waals surface area contributed by atoms with Crippen LogP contribution >= 0.6 is 0 Å². The summed E-state index contributed by atoms with van der Waals surface area (Å²) in [6.07, 6.45) is 3.73. The maximum Gasteiger partial charge on any atom is 0.208 e. The number of nitrogens with two attached hydrogens (primary N) is 1. The molecule has 0 spiro atoms. The molecular formula is C14H14N2O. The number of rotatable bonds is 3. The molecule has 2 rings (SSSR count). The first kappa shape index (κ1) is 11.3. The van der Waals surface area contributed by atoms with E-state index in [2.05, 4.69) is 25.1 Å². The van der Waals surface area contributed by atoms with Crippen LogP contribution in [0, 0.1) is 11.3 Å². The molecule has 86 valence electrons. The number of hydrogen-bond donors (Lipinski definition) is 1. The number of furan rings is 1. The molecule has 1 aromatic carbocycles. The standard InChI is InChI=1S/C14H14N2O/c1-2-3-10-4-6-11(7-5-10)13-9-17-14(16)12(13)8-15/h4-7,9H,2-3,16H2,1H3. The van der Waals surface area contributed by atoms with Crippen molar-refractivity contribution in [2.24, 2.45) is 0 Å². The van der Waals surface area contributed by atoms with Crippen molar-refractivity contribution >= 4 is 5.88 Å². The van der Waals surface area contributed by atoms with Crippen LogP contribution in [0.25, 0.3) is 11.1 Å². The molecule has 0 fully saturated rings. The third-order valence-electron chi connectivity index (χ3n) is 2.73. The van der Waals surface area contributed by atoms with Crippen molar-refractivity contribution < 1.29 is 4.42 Å². The molecule has 3 nitrogen and oxygen atoms in total. The average molecular weight is 226 g/mol. The van der Waals surface area contributed by atoms with Gasteiger partial charge in [0.1, 0.15) is 17.9 Å². The zero-order chi connectivity index (χ0) is 12.3. The van der Waals surface area contributed by atoms with Crippen LogP contribution in [0.4, 0.5) is 5.88 Å². The van der Waals surface area contributed by atoms with Gasteiger partial charge in [-0.1, -0.05) is 37.6 Å². The highest BCUT2D eigenvalue weighted by atomic mass is 16.3. The number of hydrogen-bond acceptors (Lipinski definition) is 3. The molecule has 0 aliphatic rings. The van der Waals surface area contributed by atoms with E-state index in [-0.39, 0.29) is 5.88 Å². The smallest absolute Gasteiger partial charge is 0.208 e. The molecule has 0 aliphatic heterocycles. The van der Waals surface area contributed by atoms with Crippen LogP contribution in [-0.2, 0) is 6.42 Å². The number of aryl methyl sites for hydroxylation is 1. The van der Waals surface area contributed by atoms with E-state index in [9.17, 15) is 0 Å². The number of nitrogen functional groups attached to an aromatic ring is 1. The first-order chi connectivity index (χ1) is 8.26. The third kappa shape index (κ3) is 2.16. The van der Waals surface area contributed by atoms with E-state index in [1.54, 1.807) is 0 Å². The Morgan fingerprint density at radius 1 is 1.29 bits per heavy atom. The Bertz CT molecular complexity index is 547. The summed E-state index contributed by atoms with van der Waals surface area (Å²) in [7, 11) is 0. The lowest BCUT2D eigenvalue weighted by Crippen LogP contribution is -1.87. The molecule has 0 unspecified atom stereocenters. The van der Waals surface area contributed by atoms with Gasteiger partial charge in [0.25, 0.3) is 0 Å². The summed E-state index contributed by atoms with van der Waals surface area (Å²) in [5, 5.41) is 9.00. The minimum Gasteiger partial charge on any atom is -0.447 e. The van der Waals surface area contributed by atoms with Crippen molar-refractivity contribution in [1.82, 2.24) is 0 Å². The Morgan fingerprint density at radius 3 is 2.59 bits per heavy atom. The van der Waals surface area contributed by atoms with Crippen LogP contribution in [0.15, 0.2) is 34.9 Å². The van der Waals surface area contributed by atoms with Crippen molar-refractivity contribution in [3.8, 4) is 17.2 Å². The molecule has 0 aliphatic carbocycles. The molecular weight excluding hydrogens is 212 g/mol. The zero-order valence-electron chi connectivity index (χ0n) is 9.73. The quantitative estimate of drug-likeness (QED) is 0.872. The highest BCUT2D eigenvalue weighted by Crippen LogP contribution is 2.29. The first-order valence-electron chi connectivity index (χ1n) is 5.62. The van der Waals surface area contributed by atoms with E-state index in [1.807, 2.05) is 12.1 Å². The Hall–Kier alpha value is -2.21. The molecule has 0 amide bonds. The van der Waals surface area contributed by atoms with Gasteiger partial charge in [0.05, 0.1) is 0 Å². The summed E-state index contributed by atoms with van der Waals surface area (Å²) in [4.78, 5) is 0. The van der Waals surface area contributed by atoms with Crippen molar-refractivity contribution in [3.63, 3.8) is 0 Å². The molecule has 0 saturated heterocycles. The van der Waals surface area contributed by atoms with Gasteiger partial charge in [0, 0.05) is 5.56 Å². The average Bonchev–Trinajstić information content (AvgIpc) is 2.72. The van der Waals surface area contributed by atoms with E-state index in [4.69, 9.17) is 15.4 Å². The van der Waals surface area contributed by atoms with Crippen molar-refractivity contribution in [2.75, 3.05) is 5.73 Å². The fraction of sp³-hybridized carbons (Fsp3) is 0.214. The lowest BCUT2D eigenvalue weighted by Gasteiger charge is -2.01. The third-order valence-corrected chi connectivity index (χ3v) is 2.73. The van der Waals surface area contributed by atoms with Gasteiger partial charge in [-0.15, -0.1) is 0 Å². The minimum absolute atomic E-state index is 0.181. The molecule has 3 heteroatoms. The van der Waals surface area contributed by atoms with Crippen molar-refractivity contribution in [1.29, 1.82) is 5.26 Å². The molecule has 0 atom stereocenters. The second-order valence-corrected chi connectivity index (χ2v) is 3.95. The number of anilines is 1. The lowest BCUT2D eigenvalue weighted by atomic mass is 10.0. The molecule has 2 N–H and O–H groups in total. The fourth-order valence-electron chi connectivity index (χ4n) is 1.84. The maximum atomic E-state index is 9.00. The molecule has 0 bridgehead atoms. The largest absolute Gasteiger partial charge is 0.447 e. The van der Waals surface area contributed by atoms with E-state index < -0.39 is 0 Å². The predicted octanol–water partition coefficient (Wildman–Crippen LogP) is 3.35. The summed E-state index contributed by atoms with van der Waals surface area (Å²) in [6.45, 7) is 2.15. The van der Waals surface area contributed by atoms with Gasteiger partial charge in [-0.2, -0.15) is 5.26 Å². The monoisotopic (exact) mass is 226 g/mol. The van der Waals surface area contributed by atoms with E-state index in [0.29, 0.717) is 5.56 Å². The highest BCUT2D eigenvalue weighted by Gasteiger charge is 2.12. The van der Waals surface area contributed by atoms with E-state index in [0.717, 1.165) is 24.0 Å². The molecule has 1 heterocycles. The summed E-state index contributed by atoms with van der Waals surface area (Å²) < 4.78 is 5.07. The Balaban J connectivity index is 2.37. The normalized spacial score (nSPS) is 10.1. The number of nitriles is 1. The van der Waals surface area contributed by atoms with Gasteiger partial charge in [0.2, 0.25) is 5.88 Å². The van der Waals surface area contributed by atoms with Crippen LogP contribution in [0.2, 0.25) is 0 Å². The molecule has 0 saturated carbocycles. The SMILES string of the molecule is CCCc1ccc(-c2coc(N)c2C#N)cc1. The first-order valence-corrected chi connectivity index (χ1v) is 5.62. The van der Waals surface area contributed by atoms with Gasteiger partial charge in [-0.3, -0.25) is 0 Å².